The number of aromatic nitrogens is 3. The van der Waals surface area contributed by atoms with Crippen molar-refractivity contribution < 1.29 is 0 Å². The molecule has 0 radical (unpaired) electrons. The highest BCUT2D eigenvalue weighted by molar-refractivity contribution is 5.11. The standard InChI is InChI=1S/C14H22N4/c1-4-15-12(2)13-6-5-9-18(13)10-7-14-16-8-11-17(14)3/h5-6,8-9,11-12,15H,4,7,10H2,1-3H3. The van der Waals surface area contributed by atoms with E-state index in [1.807, 2.05) is 19.4 Å². The van der Waals surface area contributed by atoms with Crippen molar-refractivity contribution in [3.63, 3.8) is 0 Å². The summed E-state index contributed by atoms with van der Waals surface area (Å²) < 4.78 is 4.39. The highest BCUT2D eigenvalue weighted by atomic mass is 15.1. The molecule has 0 saturated heterocycles. The van der Waals surface area contributed by atoms with E-state index in [1.165, 1.54) is 5.69 Å². The Hall–Kier alpha value is -1.55. The van der Waals surface area contributed by atoms with Crippen LogP contribution in [0.3, 0.4) is 0 Å². The normalized spacial score (nSPS) is 12.8. The van der Waals surface area contributed by atoms with Gasteiger partial charge in [-0.15, -0.1) is 0 Å². The fourth-order valence-corrected chi connectivity index (χ4v) is 2.29. The van der Waals surface area contributed by atoms with Crippen molar-refractivity contribution in [3.8, 4) is 0 Å². The Bertz CT molecular complexity index is 483. The Morgan fingerprint density at radius 2 is 2.22 bits per heavy atom. The van der Waals surface area contributed by atoms with Crippen LogP contribution in [0, 0.1) is 0 Å². The second-order valence-electron chi connectivity index (χ2n) is 4.61. The van der Waals surface area contributed by atoms with Crippen LogP contribution in [0.2, 0.25) is 0 Å². The third-order valence-corrected chi connectivity index (χ3v) is 3.32. The van der Waals surface area contributed by atoms with E-state index in [4.69, 9.17) is 0 Å². The first-order valence-electron chi connectivity index (χ1n) is 6.57. The molecular formula is C14H22N4. The first-order chi connectivity index (χ1) is 8.72. The molecule has 1 unspecified atom stereocenters. The van der Waals surface area contributed by atoms with Gasteiger partial charge in [0.2, 0.25) is 0 Å². The Balaban J connectivity index is 2.02. The fourth-order valence-electron chi connectivity index (χ4n) is 2.29. The van der Waals surface area contributed by atoms with Gasteiger partial charge >= 0.3 is 0 Å². The lowest BCUT2D eigenvalue weighted by Gasteiger charge is -2.16. The first-order valence-corrected chi connectivity index (χ1v) is 6.57. The summed E-state index contributed by atoms with van der Waals surface area (Å²) in [6, 6.07) is 4.69. The lowest BCUT2D eigenvalue weighted by Crippen LogP contribution is -2.21. The molecule has 0 aliphatic carbocycles. The predicted molar refractivity (Wildman–Crippen MR) is 73.4 cm³/mol. The van der Waals surface area contributed by atoms with E-state index < -0.39 is 0 Å². The molecule has 2 rings (SSSR count). The van der Waals surface area contributed by atoms with Gasteiger partial charge in [-0.25, -0.2) is 4.98 Å². The maximum atomic E-state index is 4.36. The fraction of sp³-hybridized carbons (Fsp3) is 0.500. The summed E-state index contributed by atoms with van der Waals surface area (Å²) in [5, 5.41) is 3.45. The van der Waals surface area contributed by atoms with E-state index in [2.05, 4.69) is 51.6 Å². The summed E-state index contributed by atoms with van der Waals surface area (Å²) in [6.45, 7) is 6.31. The Morgan fingerprint density at radius 3 is 2.89 bits per heavy atom. The van der Waals surface area contributed by atoms with Gasteiger partial charge in [0.1, 0.15) is 5.82 Å². The molecule has 0 aliphatic rings. The maximum Gasteiger partial charge on any atom is 0.110 e. The van der Waals surface area contributed by atoms with Gasteiger partial charge in [-0.2, -0.15) is 0 Å². The molecule has 98 valence electrons. The molecule has 2 heterocycles. The van der Waals surface area contributed by atoms with Crippen molar-refractivity contribution >= 4 is 0 Å². The van der Waals surface area contributed by atoms with E-state index >= 15 is 0 Å². The molecular weight excluding hydrogens is 224 g/mol. The lowest BCUT2D eigenvalue weighted by atomic mass is 10.2. The third-order valence-electron chi connectivity index (χ3n) is 3.32. The quantitative estimate of drug-likeness (QED) is 0.847. The van der Waals surface area contributed by atoms with E-state index in [0.717, 1.165) is 25.3 Å². The van der Waals surface area contributed by atoms with Gasteiger partial charge in [0, 0.05) is 50.3 Å². The number of aryl methyl sites for hydroxylation is 3. The molecule has 4 heteroatoms. The largest absolute Gasteiger partial charge is 0.350 e. The summed E-state index contributed by atoms with van der Waals surface area (Å²) in [7, 11) is 2.04. The second kappa shape index (κ2) is 5.87. The molecule has 4 nitrogen and oxygen atoms in total. The molecule has 0 spiro atoms. The number of hydrogen-bond donors (Lipinski definition) is 1. The highest BCUT2D eigenvalue weighted by Gasteiger charge is 2.09. The minimum absolute atomic E-state index is 0.395. The van der Waals surface area contributed by atoms with Crippen molar-refractivity contribution in [3.05, 3.63) is 42.2 Å². The Labute approximate surface area is 109 Å². The summed E-state index contributed by atoms with van der Waals surface area (Å²) in [5.74, 6) is 1.13. The number of rotatable bonds is 6. The monoisotopic (exact) mass is 246 g/mol. The minimum Gasteiger partial charge on any atom is -0.350 e. The third kappa shape index (κ3) is 2.82. The van der Waals surface area contributed by atoms with Crippen molar-refractivity contribution in [2.45, 2.75) is 32.9 Å². The van der Waals surface area contributed by atoms with Gasteiger partial charge < -0.3 is 14.5 Å². The van der Waals surface area contributed by atoms with Gasteiger partial charge in [0.25, 0.3) is 0 Å². The molecule has 18 heavy (non-hydrogen) atoms. The molecule has 0 saturated carbocycles. The predicted octanol–water partition coefficient (Wildman–Crippen LogP) is 2.13. The van der Waals surface area contributed by atoms with E-state index in [1.54, 1.807) is 0 Å². The molecule has 1 atom stereocenters. The van der Waals surface area contributed by atoms with Crippen LogP contribution in [0.5, 0.6) is 0 Å². The van der Waals surface area contributed by atoms with Crippen LogP contribution in [0.4, 0.5) is 0 Å². The van der Waals surface area contributed by atoms with Crippen LogP contribution in [0.1, 0.15) is 31.4 Å². The number of imidazole rings is 1. The van der Waals surface area contributed by atoms with Crippen LogP contribution < -0.4 is 5.32 Å². The smallest absolute Gasteiger partial charge is 0.110 e. The van der Waals surface area contributed by atoms with Gasteiger partial charge in [0.15, 0.2) is 0 Å². The zero-order valence-electron chi connectivity index (χ0n) is 11.4. The molecule has 0 aromatic carbocycles. The molecule has 0 fully saturated rings. The first kappa shape index (κ1) is 12.9. The molecule has 2 aromatic rings. The summed E-state index contributed by atoms with van der Waals surface area (Å²) in [4.78, 5) is 4.36. The Morgan fingerprint density at radius 1 is 1.39 bits per heavy atom. The van der Waals surface area contributed by atoms with Crippen LogP contribution in [0.25, 0.3) is 0 Å². The van der Waals surface area contributed by atoms with Gasteiger partial charge in [-0.05, 0) is 25.6 Å². The van der Waals surface area contributed by atoms with Crippen LogP contribution in [0.15, 0.2) is 30.7 Å². The average Bonchev–Trinajstić information content (AvgIpc) is 2.95. The number of nitrogens with one attached hydrogen (secondary N) is 1. The maximum absolute atomic E-state index is 4.36. The summed E-state index contributed by atoms with van der Waals surface area (Å²) in [6.07, 6.45) is 6.95. The van der Waals surface area contributed by atoms with E-state index in [9.17, 15) is 0 Å². The van der Waals surface area contributed by atoms with Crippen molar-refractivity contribution in [1.29, 1.82) is 0 Å². The molecule has 0 amide bonds. The van der Waals surface area contributed by atoms with Gasteiger partial charge in [-0.3, -0.25) is 0 Å². The second-order valence-corrected chi connectivity index (χ2v) is 4.61. The molecule has 0 bridgehead atoms. The average molecular weight is 246 g/mol. The van der Waals surface area contributed by atoms with Crippen LogP contribution in [-0.4, -0.2) is 20.7 Å². The highest BCUT2D eigenvalue weighted by Crippen LogP contribution is 2.13. The molecule has 1 N–H and O–H groups in total. The zero-order valence-corrected chi connectivity index (χ0v) is 11.4. The number of hydrogen-bond acceptors (Lipinski definition) is 2. The zero-order chi connectivity index (χ0) is 13.0. The van der Waals surface area contributed by atoms with E-state index in [0.29, 0.717) is 6.04 Å². The van der Waals surface area contributed by atoms with E-state index in [-0.39, 0.29) is 0 Å². The van der Waals surface area contributed by atoms with Gasteiger partial charge in [-0.1, -0.05) is 6.92 Å². The molecule has 2 aromatic heterocycles. The van der Waals surface area contributed by atoms with Crippen LogP contribution >= 0.6 is 0 Å². The van der Waals surface area contributed by atoms with Crippen molar-refractivity contribution in [1.82, 2.24) is 19.4 Å². The topological polar surface area (TPSA) is 34.8 Å². The van der Waals surface area contributed by atoms with Gasteiger partial charge in [0.05, 0.1) is 0 Å². The summed E-state index contributed by atoms with van der Waals surface area (Å²) in [5.41, 5.74) is 1.34. The molecule has 0 aliphatic heterocycles. The summed E-state index contributed by atoms with van der Waals surface area (Å²) >= 11 is 0. The van der Waals surface area contributed by atoms with Crippen molar-refractivity contribution in [2.24, 2.45) is 7.05 Å². The lowest BCUT2D eigenvalue weighted by molar-refractivity contribution is 0.534. The Kier molecular flexibility index (Phi) is 4.20. The SMILES string of the molecule is CCNC(C)c1cccn1CCc1nccn1C. The van der Waals surface area contributed by atoms with Crippen LogP contribution in [-0.2, 0) is 20.0 Å². The minimum atomic E-state index is 0.395. The number of nitrogens with zero attached hydrogens (tertiary/aromatic N) is 3. The van der Waals surface area contributed by atoms with Crippen molar-refractivity contribution in [2.75, 3.05) is 6.54 Å².